The Morgan fingerprint density at radius 3 is 2.38 bits per heavy atom. The van der Waals surface area contributed by atoms with E-state index in [0.717, 1.165) is 38.0 Å². The molecule has 1 fully saturated rings. The first-order valence-corrected chi connectivity index (χ1v) is 10.6. The fourth-order valence-corrected chi connectivity index (χ4v) is 3.51. The van der Waals surface area contributed by atoms with Gasteiger partial charge in [0.25, 0.3) is 5.91 Å². The second-order valence-corrected chi connectivity index (χ2v) is 7.74. The van der Waals surface area contributed by atoms with Crippen molar-refractivity contribution in [3.63, 3.8) is 0 Å². The van der Waals surface area contributed by atoms with Crippen molar-refractivity contribution < 1.29 is 28.9 Å². The van der Waals surface area contributed by atoms with E-state index in [1.54, 1.807) is 18.2 Å². The first-order chi connectivity index (χ1) is 15.5. The minimum absolute atomic E-state index is 0.166. The third-order valence-corrected chi connectivity index (χ3v) is 5.44. The summed E-state index contributed by atoms with van der Waals surface area (Å²) in [5, 5.41) is 12.5. The number of amides is 1. The number of ether oxygens (including phenoxy) is 3. The highest BCUT2D eigenvalue weighted by Crippen LogP contribution is 2.28. The molecule has 8 heteroatoms. The average molecular weight is 443 g/mol. The second kappa shape index (κ2) is 11.5. The van der Waals surface area contributed by atoms with Gasteiger partial charge in [-0.15, -0.1) is 0 Å². The number of likely N-dealkylation sites (tertiary alicyclic amines) is 1. The predicted octanol–water partition coefficient (Wildman–Crippen LogP) is 2.13. The van der Waals surface area contributed by atoms with Crippen molar-refractivity contribution in [3.8, 4) is 11.5 Å². The Labute approximate surface area is 188 Å². The van der Waals surface area contributed by atoms with Gasteiger partial charge in [0.15, 0.2) is 18.1 Å². The van der Waals surface area contributed by atoms with Crippen LogP contribution in [0.2, 0.25) is 0 Å². The molecular weight excluding hydrogens is 412 g/mol. The summed E-state index contributed by atoms with van der Waals surface area (Å²) in [6.45, 7) is 2.85. The quantitative estimate of drug-likeness (QED) is 0.574. The van der Waals surface area contributed by atoms with Gasteiger partial charge in [0, 0.05) is 31.7 Å². The van der Waals surface area contributed by atoms with Crippen LogP contribution in [0.5, 0.6) is 11.5 Å². The molecule has 2 aromatic carbocycles. The van der Waals surface area contributed by atoms with E-state index in [2.05, 4.69) is 27.1 Å². The molecule has 0 atom stereocenters. The molecule has 0 saturated carbocycles. The zero-order valence-electron chi connectivity index (χ0n) is 18.5. The van der Waals surface area contributed by atoms with E-state index < -0.39 is 5.97 Å². The molecule has 0 aromatic heterocycles. The number of hydrogen-bond acceptors (Lipinski definition) is 7. The Kier molecular flexibility index (Phi) is 8.47. The van der Waals surface area contributed by atoms with Crippen molar-refractivity contribution in [2.75, 3.05) is 33.9 Å². The minimum atomic E-state index is -0.505. The number of hydrogen-bond donors (Lipinski definition) is 2. The summed E-state index contributed by atoms with van der Waals surface area (Å²) in [5.41, 5.74) is 2.64. The molecule has 172 valence electrons. The summed E-state index contributed by atoms with van der Waals surface area (Å²) >= 11 is 0. The Morgan fingerprint density at radius 2 is 1.72 bits per heavy atom. The second-order valence-electron chi connectivity index (χ2n) is 7.74. The van der Waals surface area contributed by atoms with Crippen molar-refractivity contribution in [3.05, 3.63) is 59.2 Å². The molecular formula is C24H30N2O6. The zero-order valence-corrected chi connectivity index (χ0v) is 18.5. The Morgan fingerprint density at radius 1 is 1.03 bits per heavy atom. The molecule has 1 aliphatic heterocycles. The van der Waals surface area contributed by atoms with Gasteiger partial charge in [-0.05, 0) is 42.2 Å². The van der Waals surface area contributed by atoms with Crippen LogP contribution in [-0.2, 0) is 22.6 Å². The maximum atomic E-state index is 12.6. The first-order valence-electron chi connectivity index (χ1n) is 10.6. The Hall–Kier alpha value is -3.10. The molecule has 32 heavy (non-hydrogen) atoms. The minimum Gasteiger partial charge on any atom is -0.493 e. The summed E-state index contributed by atoms with van der Waals surface area (Å²) in [6, 6.07) is 12.9. The van der Waals surface area contributed by atoms with Gasteiger partial charge in [0.05, 0.1) is 20.3 Å². The maximum absolute atomic E-state index is 12.6. The lowest BCUT2D eigenvalue weighted by Crippen LogP contribution is -2.35. The molecule has 0 spiro atoms. The number of methoxy groups -OCH3 is 2. The van der Waals surface area contributed by atoms with Gasteiger partial charge in [-0.1, -0.05) is 24.3 Å². The van der Waals surface area contributed by atoms with E-state index in [4.69, 9.17) is 9.47 Å². The summed E-state index contributed by atoms with van der Waals surface area (Å²) in [6.07, 6.45) is 1.49. The maximum Gasteiger partial charge on any atom is 0.343 e. The molecule has 3 rings (SSSR count). The van der Waals surface area contributed by atoms with Gasteiger partial charge >= 0.3 is 5.97 Å². The number of nitrogens with one attached hydrogen (secondary N) is 1. The van der Waals surface area contributed by atoms with Crippen LogP contribution in [-0.4, -0.2) is 61.9 Å². The van der Waals surface area contributed by atoms with Gasteiger partial charge in [0.1, 0.15) is 0 Å². The van der Waals surface area contributed by atoms with Gasteiger partial charge in [-0.25, -0.2) is 4.79 Å². The van der Waals surface area contributed by atoms with Crippen LogP contribution in [0.4, 0.5) is 0 Å². The standard InChI is InChI=1S/C24H30N2O6/c1-30-22-13-19(7-8-21(22)32-16-23(28)31-2)24(29)25-14-17-3-5-18(6-4-17)15-26-11-9-20(27)10-12-26/h3-8,13,20,27H,9-12,14-16H2,1-2H3,(H,25,29). The molecule has 1 amide bonds. The number of carbonyl (C=O) groups excluding carboxylic acids is 2. The highest BCUT2D eigenvalue weighted by molar-refractivity contribution is 5.94. The number of esters is 1. The molecule has 1 heterocycles. The van der Waals surface area contributed by atoms with Gasteiger partial charge in [0.2, 0.25) is 0 Å². The van der Waals surface area contributed by atoms with E-state index in [1.807, 2.05) is 12.1 Å². The zero-order chi connectivity index (χ0) is 22.9. The SMILES string of the molecule is COC(=O)COc1ccc(C(=O)NCc2ccc(CN3CCC(O)CC3)cc2)cc1OC. The predicted molar refractivity (Wildman–Crippen MR) is 119 cm³/mol. The fourth-order valence-electron chi connectivity index (χ4n) is 3.51. The lowest BCUT2D eigenvalue weighted by atomic mass is 10.1. The molecule has 1 aliphatic rings. The van der Waals surface area contributed by atoms with Crippen LogP contribution < -0.4 is 14.8 Å². The van der Waals surface area contributed by atoms with Crippen LogP contribution in [0.1, 0.15) is 34.3 Å². The molecule has 1 saturated heterocycles. The number of aliphatic hydroxyl groups is 1. The van der Waals surface area contributed by atoms with Crippen molar-refractivity contribution >= 4 is 11.9 Å². The van der Waals surface area contributed by atoms with Crippen LogP contribution in [0, 0.1) is 0 Å². The lowest BCUT2D eigenvalue weighted by molar-refractivity contribution is -0.142. The van der Waals surface area contributed by atoms with Crippen LogP contribution in [0.3, 0.4) is 0 Å². The molecule has 8 nitrogen and oxygen atoms in total. The van der Waals surface area contributed by atoms with Gasteiger partial charge < -0.3 is 24.6 Å². The number of nitrogens with zero attached hydrogens (tertiary/aromatic N) is 1. The molecule has 0 radical (unpaired) electrons. The average Bonchev–Trinajstić information content (AvgIpc) is 2.83. The van der Waals surface area contributed by atoms with Crippen LogP contribution >= 0.6 is 0 Å². The van der Waals surface area contributed by atoms with E-state index in [-0.39, 0.29) is 18.6 Å². The monoisotopic (exact) mass is 442 g/mol. The third-order valence-electron chi connectivity index (χ3n) is 5.44. The van der Waals surface area contributed by atoms with E-state index >= 15 is 0 Å². The van der Waals surface area contributed by atoms with Crippen LogP contribution in [0.15, 0.2) is 42.5 Å². The largest absolute Gasteiger partial charge is 0.493 e. The van der Waals surface area contributed by atoms with Crippen molar-refractivity contribution in [1.29, 1.82) is 0 Å². The number of piperidine rings is 1. The number of aliphatic hydroxyl groups excluding tert-OH is 1. The summed E-state index contributed by atoms with van der Waals surface area (Å²) in [5.74, 6) is -0.0298. The normalized spacial score (nSPS) is 14.6. The number of rotatable bonds is 9. The highest BCUT2D eigenvalue weighted by atomic mass is 16.6. The molecule has 0 unspecified atom stereocenters. The Balaban J connectivity index is 1.51. The van der Waals surface area contributed by atoms with E-state index in [0.29, 0.717) is 23.6 Å². The van der Waals surface area contributed by atoms with Gasteiger partial charge in [-0.2, -0.15) is 0 Å². The summed E-state index contributed by atoms with van der Waals surface area (Å²) < 4.78 is 15.2. The van der Waals surface area contributed by atoms with E-state index in [9.17, 15) is 14.7 Å². The molecule has 2 N–H and O–H groups in total. The number of carbonyl (C=O) groups is 2. The lowest BCUT2D eigenvalue weighted by Gasteiger charge is -2.29. The van der Waals surface area contributed by atoms with Crippen LogP contribution in [0.25, 0.3) is 0 Å². The van der Waals surface area contributed by atoms with Crippen molar-refractivity contribution in [2.24, 2.45) is 0 Å². The molecule has 2 aromatic rings. The third kappa shape index (κ3) is 6.70. The molecule has 0 bridgehead atoms. The highest BCUT2D eigenvalue weighted by Gasteiger charge is 2.17. The fraction of sp³-hybridized carbons (Fsp3) is 0.417. The topological polar surface area (TPSA) is 97.3 Å². The summed E-state index contributed by atoms with van der Waals surface area (Å²) in [7, 11) is 2.75. The first kappa shape index (κ1) is 23.6. The smallest absolute Gasteiger partial charge is 0.343 e. The van der Waals surface area contributed by atoms with Crippen molar-refractivity contribution in [1.82, 2.24) is 10.2 Å². The number of benzene rings is 2. The van der Waals surface area contributed by atoms with Crippen molar-refractivity contribution in [2.45, 2.75) is 32.0 Å². The Bertz CT molecular complexity index is 907. The molecule has 0 aliphatic carbocycles. The van der Waals surface area contributed by atoms with E-state index in [1.165, 1.54) is 19.8 Å². The summed E-state index contributed by atoms with van der Waals surface area (Å²) in [4.78, 5) is 26.1. The van der Waals surface area contributed by atoms with Gasteiger partial charge in [-0.3, -0.25) is 9.69 Å².